The zero-order valence-corrected chi connectivity index (χ0v) is 15.9. The molecule has 1 atom stereocenters. The maximum Gasteiger partial charge on any atom is 0.247 e. The normalized spacial score (nSPS) is 12.2. The Morgan fingerprint density at radius 3 is 2.71 bits per heavy atom. The molecule has 2 heterocycles. The molecule has 1 N–H and O–H groups in total. The van der Waals surface area contributed by atoms with Crippen molar-refractivity contribution in [1.82, 2.24) is 20.1 Å². The Labute approximate surface area is 163 Å². The van der Waals surface area contributed by atoms with Gasteiger partial charge in [-0.25, -0.2) is 0 Å². The summed E-state index contributed by atoms with van der Waals surface area (Å²) in [5.74, 6) is 1.25. The van der Waals surface area contributed by atoms with Gasteiger partial charge in [0.15, 0.2) is 0 Å². The number of rotatable bonds is 6. The zero-order valence-electron chi connectivity index (χ0n) is 15.9. The molecule has 0 fully saturated rings. The lowest BCUT2D eigenvalue weighted by molar-refractivity contribution is -0.121. The van der Waals surface area contributed by atoms with Crippen molar-refractivity contribution in [2.45, 2.75) is 26.3 Å². The minimum absolute atomic E-state index is 0.0145. The van der Waals surface area contributed by atoms with Gasteiger partial charge in [0.25, 0.3) is 0 Å². The third-order valence-electron chi connectivity index (χ3n) is 4.83. The van der Waals surface area contributed by atoms with Gasteiger partial charge < -0.3 is 14.3 Å². The summed E-state index contributed by atoms with van der Waals surface area (Å²) < 4.78 is 7.45. The quantitative estimate of drug-likeness (QED) is 0.555. The Bertz CT molecular complexity index is 1100. The van der Waals surface area contributed by atoms with Crippen LogP contribution in [0.25, 0.3) is 22.4 Å². The van der Waals surface area contributed by atoms with E-state index in [2.05, 4.69) is 34.6 Å². The summed E-state index contributed by atoms with van der Waals surface area (Å²) in [6.45, 7) is 4.74. The predicted octanol–water partition coefficient (Wildman–Crippen LogP) is 3.92. The van der Waals surface area contributed by atoms with Crippen LogP contribution in [0.2, 0.25) is 0 Å². The fraction of sp³-hybridized carbons (Fsp3) is 0.227. The molecule has 0 saturated carbocycles. The predicted molar refractivity (Wildman–Crippen MR) is 108 cm³/mol. The highest BCUT2D eigenvalue weighted by molar-refractivity contribution is 5.86. The third-order valence-corrected chi connectivity index (χ3v) is 4.83. The first-order chi connectivity index (χ1) is 13.6. The van der Waals surface area contributed by atoms with Gasteiger partial charge in [0, 0.05) is 30.7 Å². The molecule has 6 nitrogen and oxygen atoms in total. The Kier molecular flexibility index (Phi) is 4.93. The largest absolute Gasteiger partial charge is 0.421 e. The molecular weight excluding hydrogens is 352 g/mol. The van der Waals surface area contributed by atoms with Crippen molar-refractivity contribution >= 4 is 16.8 Å². The molecule has 4 aromatic rings. The van der Waals surface area contributed by atoms with Gasteiger partial charge in [-0.2, -0.15) is 0 Å². The fourth-order valence-corrected chi connectivity index (χ4v) is 3.25. The van der Waals surface area contributed by atoms with Crippen molar-refractivity contribution < 1.29 is 9.21 Å². The summed E-state index contributed by atoms with van der Waals surface area (Å²) in [6, 6.07) is 18.1. The van der Waals surface area contributed by atoms with E-state index in [9.17, 15) is 4.79 Å². The Hall–Kier alpha value is -3.41. The first kappa shape index (κ1) is 18.0. The molecule has 0 unspecified atom stereocenters. The molecular formula is C22H22N4O2. The number of hydrogen-bond acceptors (Lipinski definition) is 4. The van der Waals surface area contributed by atoms with Crippen molar-refractivity contribution in [2.75, 3.05) is 6.54 Å². The van der Waals surface area contributed by atoms with Crippen molar-refractivity contribution in [3.05, 3.63) is 72.2 Å². The molecule has 0 spiro atoms. The summed E-state index contributed by atoms with van der Waals surface area (Å²) in [5.41, 5.74) is 3.01. The van der Waals surface area contributed by atoms with E-state index in [4.69, 9.17) is 4.42 Å². The van der Waals surface area contributed by atoms with Crippen LogP contribution >= 0.6 is 0 Å². The van der Waals surface area contributed by atoms with Crippen LogP contribution in [0.3, 0.4) is 0 Å². The van der Waals surface area contributed by atoms with E-state index >= 15 is 0 Å². The molecule has 2 aromatic heterocycles. The molecule has 0 bridgehead atoms. The SMILES string of the molecule is Cc1nnc(-c2ccc3ccn(CC(=O)NC[C@H](C)c4ccccc4)c3c2)o1. The number of amides is 1. The molecule has 4 rings (SSSR count). The summed E-state index contributed by atoms with van der Waals surface area (Å²) in [7, 11) is 0. The maximum absolute atomic E-state index is 12.5. The zero-order chi connectivity index (χ0) is 19.5. The number of aromatic nitrogens is 3. The number of aryl methyl sites for hydroxylation is 1. The lowest BCUT2D eigenvalue weighted by Crippen LogP contribution is -2.30. The molecule has 0 aliphatic heterocycles. The van der Waals surface area contributed by atoms with Crippen molar-refractivity contribution in [3.63, 3.8) is 0 Å². The Balaban J connectivity index is 1.46. The Morgan fingerprint density at radius 1 is 1.14 bits per heavy atom. The second-order valence-corrected chi connectivity index (χ2v) is 6.96. The third kappa shape index (κ3) is 3.81. The van der Waals surface area contributed by atoms with E-state index in [1.165, 1.54) is 5.56 Å². The summed E-state index contributed by atoms with van der Waals surface area (Å²) in [5, 5.41) is 12.0. The van der Waals surface area contributed by atoms with E-state index in [1.54, 1.807) is 6.92 Å². The fourth-order valence-electron chi connectivity index (χ4n) is 3.25. The van der Waals surface area contributed by atoms with Gasteiger partial charge in [-0.1, -0.05) is 43.3 Å². The van der Waals surface area contributed by atoms with E-state index in [0.29, 0.717) is 18.3 Å². The number of nitrogens with zero attached hydrogens (tertiary/aromatic N) is 3. The van der Waals surface area contributed by atoms with Gasteiger partial charge in [0.1, 0.15) is 6.54 Å². The first-order valence-corrected chi connectivity index (χ1v) is 9.31. The maximum atomic E-state index is 12.5. The van der Waals surface area contributed by atoms with Crippen LogP contribution in [0.15, 0.2) is 65.2 Å². The van der Waals surface area contributed by atoms with Gasteiger partial charge in [0.05, 0.1) is 0 Å². The minimum atomic E-state index is -0.0145. The van der Waals surface area contributed by atoms with Crippen molar-refractivity contribution in [2.24, 2.45) is 0 Å². The number of carbonyl (C=O) groups is 1. The monoisotopic (exact) mass is 374 g/mol. The van der Waals surface area contributed by atoms with Crippen LogP contribution in [-0.4, -0.2) is 27.2 Å². The van der Waals surface area contributed by atoms with Gasteiger partial charge in [-0.05, 0) is 35.1 Å². The van der Waals surface area contributed by atoms with Crippen LogP contribution in [0.1, 0.15) is 24.3 Å². The van der Waals surface area contributed by atoms with Gasteiger partial charge in [-0.15, -0.1) is 10.2 Å². The van der Waals surface area contributed by atoms with E-state index in [1.807, 2.05) is 53.2 Å². The lowest BCUT2D eigenvalue weighted by atomic mass is 10.0. The molecule has 0 saturated heterocycles. The molecule has 0 aliphatic rings. The van der Waals surface area contributed by atoms with Crippen LogP contribution in [-0.2, 0) is 11.3 Å². The van der Waals surface area contributed by atoms with Crippen LogP contribution in [0.4, 0.5) is 0 Å². The topological polar surface area (TPSA) is 73.0 Å². The van der Waals surface area contributed by atoms with Crippen molar-refractivity contribution in [3.8, 4) is 11.5 Å². The van der Waals surface area contributed by atoms with E-state index in [-0.39, 0.29) is 18.4 Å². The molecule has 142 valence electrons. The molecule has 1 amide bonds. The first-order valence-electron chi connectivity index (χ1n) is 9.31. The van der Waals surface area contributed by atoms with Crippen LogP contribution < -0.4 is 5.32 Å². The summed E-state index contributed by atoms with van der Waals surface area (Å²) in [6.07, 6.45) is 1.92. The smallest absolute Gasteiger partial charge is 0.247 e. The average molecular weight is 374 g/mol. The molecule has 2 aromatic carbocycles. The van der Waals surface area contributed by atoms with Crippen LogP contribution in [0, 0.1) is 6.92 Å². The summed E-state index contributed by atoms with van der Waals surface area (Å²) in [4.78, 5) is 12.5. The molecule has 28 heavy (non-hydrogen) atoms. The lowest BCUT2D eigenvalue weighted by Gasteiger charge is -2.13. The highest BCUT2D eigenvalue weighted by atomic mass is 16.4. The van der Waals surface area contributed by atoms with Gasteiger partial charge in [-0.3, -0.25) is 4.79 Å². The number of nitrogens with one attached hydrogen (secondary N) is 1. The van der Waals surface area contributed by atoms with Gasteiger partial charge >= 0.3 is 0 Å². The minimum Gasteiger partial charge on any atom is -0.421 e. The number of carbonyl (C=O) groups excluding carboxylic acids is 1. The number of benzene rings is 2. The van der Waals surface area contributed by atoms with E-state index in [0.717, 1.165) is 16.5 Å². The number of hydrogen-bond donors (Lipinski definition) is 1. The summed E-state index contributed by atoms with van der Waals surface area (Å²) >= 11 is 0. The standard InChI is InChI=1S/C22H22N4O2/c1-15(17-6-4-3-5-7-17)13-23-21(27)14-26-11-10-18-8-9-19(12-20(18)26)22-25-24-16(2)28-22/h3-12,15H,13-14H2,1-2H3,(H,23,27)/t15-/m0/s1. The second-order valence-electron chi connectivity index (χ2n) is 6.96. The average Bonchev–Trinajstić information content (AvgIpc) is 3.33. The van der Waals surface area contributed by atoms with Crippen LogP contribution in [0.5, 0.6) is 0 Å². The molecule has 0 aliphatic carbocycles. The molecule has 6 heteroatoms. The van der Waals surface area contributed by atoms with Crippen molar-refractivity contribution in [1.29, 1.82) is 0 Å². The number of fused-ring (bicyclic) bond motifs is 1. The van der Waals surface area contributed by atoms with Gasteiger partial charge in [0.2, 0.25) is 17.7 Å². The highest BCUT2D eigenvalue weighted by Gasteiger charge is 2.12. The van der Waals surface area contributed by atoms with E-state index < -0.39 is 0 Å². The highest BCUT2D eigenvalue weighted by Crippen LogP contribution is 2.24. The second kappa shape index (κ2) is 7.68. The Morgan fingerprint density at radius 2 is 1.96 bits per heavy atom. The molecule has 0 radical (unpaired) electrons.